The van der Waals surface area contributed by atoms with E-state index < -0.39 is 5.91 Å². The van der Waals surface area contributed by atoms with Crippen molar-refractivity contribution in [3.63, 3.8) is 0 Å². The van der Waals surface area contributed by atoms with Crippen LogP contribution in [0.3, 0.4) is 0 Å². The monoisotopic (exact) mass is 286 g/mol. The van der Waals surface area contributed by atoms with Crippen molar-refractivity contribution in [1.82, 2.24) is 12.3 Å². The van der Waals surface area contributed by atoms with Crippen LogP contribution in [-0.4, -0.2) is 12.5 Å². The van der Waals surface area contributed by atoms with Gasteiger partial charge < -0.3 is 23.8 Å². The maximum atomic E-state index is 9.82. The maximum Gasteiger partial charge on any atom is 0.243 e. The Morgan fingerprint density at radius 2 is 1.33 bits per heavy atom. The fraction of sp³-hybridized carbons (Fsp3) is 0.571. The minimum Gasteiger partial charge on any atom is -0.366 e. The minimum absolute atomic E-state index is 0. The van der Waals surface area contributed by atoms with Gasteiger partial charge in [0.05, 0.1) is 0 Å². The summed E-state index contributed by atoms with van der Waals surface area (Å²) in [5, 5.41) is 0. The van der Waals surface area contributed by atoms with Crippen molar-refractivity contribution in [2.24, 2.45) is 11.5 Å². The molecule has 0 aromatic heterocycles. The Morgan fingerprint density at radius 1 is 1.20 bits per heavy atom. The molecule has 0 bridgehead atoms. The van der Waals surface area contributed by atoms with Gasteiger partial charge in [0, 0.05) is 5.57 Å². The molecular weight excluding hydrogens is 262 g/mol. The molecular formula is C7H25Cl3N4O. The quantitative estimate of drug-likeness (QED) is 0.576. The molecule has 0 radical (unpaired) electrons. The van der Waals surface area contributed by atoms with Crippen LogP contribution < -0.4 is 23.8 Å². The molecule has 0 aromatic rings. The first kappa shape index (κ1) is 46.0. The van der Waals surface area contributed by atoms with Crippen LogP contribution in [0.15, 0.2) is 12.2 Å². The first-order valence-electron chi connectivity index (χ1n) is 3.21. The largest absolute Gasteiger partial charge is 0.366 e. The Morgan fingerprint density at radius 3 is 1.33 bits per heavy atom. The van der Waals surface area contributed by atoms with E-state index in [4.69, 9.17) is 11.5 Å². The molecule has 1 amide bonds. The predicted octanol–water partition coefficient (Wildman–Crippen LogP) is 1.99. The Labute approximate surface area is 111 Å². The molecule has 0 aliphatic heterocycles. The third-order valence-electron chi connectivity index (χ3n) is 0.709. The molecule has 0 atom stereocenters. The standard InChI is InChI=1S/C4H7NO.C3H9N.3ClH.2H3N/c1-3(2)4(5)6;1-2-3-4;;;;;/h1H2,2H3,(H2,5,6);2-4H2,1H3;3*1H;2*1H3. The molecule has 10 N–H and O–H groups in total. The van der Waals surface area contributed by atoms with Crippen molar-refractivity contribution < 1.29 is 4.79 Å². The second-order valence-electron chi connectivity index (χ2n) is 1.93. The predicted molar refractivity (Wildman–Crippen MR) is 75.1 cm³/mol. The molecule has 0 saturated carbocycles. The van der Waals surface area contributed by atoms with Crippen LogP contribution in [0.2, 0.25) is 0 Å². The molecule has 5 nitrogen and oxygen atoms in total. The summed E-state index contributed by atoms with van der Waals surface area (Å²) in [4.78, 5) is 9.82. The molecule has 0 aliphatic rings. The van der Waals surface area contributed by atoms with Crippen LogP contribution in [-0.2, 0) is 4.79 Å². The summed E-state index contributed by atoms with van der Waals surface area (Å²) in [5.41, 5.74) is 10.1. The highest BCUT2D eigenvalue weighted by molar-refractivity contribution is 5.90. The van der Waals surface area contributed by atoms with Crippen molar-refractivity contribution in [2.45, 2.75) is 20.3 Å². The van der Waals surface area contributed by atoms with E-state index in [1.54, 1.807) is 6.92 Å². The Balaban J connectivity index is -0.0000000133. The summed E-state index contributed by atoms with van der Waals surface area (Å²) in [7, 11) is 0. The smallest absolute Gasteiger partial charge is 0.243 e. The van der Waals surface area contributed by atoms with Gasteiger partial charge >= 0.3 is 0 Å². The van der Waals surface area contributed by atoms with Crippen LogP contribution in [0.25, 0.3) is 0 Å². The van der Waals surface area contributed by atoms with Crippen molar-refractivity contribution in [1.29, 1.82) is 0 Å². The summed E-state index contributed by atoms with van der Waals surface area (Å²) >= 11 is 0. The van der Waals surface area contributed by atoms with E-state index in [-0.39, 0.29) is 49.5 Å². The number of hydrogen-bond acceptors (Lipinski definition) is 4. The number of nitrogens with two attached hydrogens (primary N) is 2. The van der Waals surface area contributed by atoms with Gasteiger partial charge in [0.15, 0.2) is 0 Å². The van der Waals surface area contributed by atoms with Gasteiger partial charge in [0.25, 0.3) is 0 Å². The number of halogens is 3. The fourth-order valence-electron chi connectivity index (χ4n) is 0. The first-order chi connectivity index (χ1) is 4.56. The summed E-state index contributed by atoms with van der Waals surface area (Å²) in [6, 6.07) is 0. The van der Waals surface area contributed by atoms with Crippen molar-refractivity contribution in [3.05, 3.63) is 12.2 Å². The van der Waals surface area contributed by atoms with Gasteiger partial charge in [-0.3, -0.25) is 4.79 Å². The summed E-state index contributed by atoms with van der Waals surface area (Å²) in [5.74, 6) is -0.435. The second kappa shape index (κ2) is 37.0. The Kier molecular flexibility index (Phi) is 114. The molecule has 0 unspecified atom stereocenters. The topological polar surface area (TPSA) is 139 Å². The summed E-state index contributed by atoms with van der Waals surface area (Å²) in [6.07, 6.45) is 1.10. The highest BCUT2D eigenvalue weighted by Crippen LogP contribution is 1.78. The van der Waals surface area contributed by atoms with Crippen LogP contribution in [0.5, 0.6) is 0 Å². The van der Waals surface area contributed by atoms with Crippen LogP contribution in [0, 0.1) is 0 Å². The number of amides is 1. The van der Waals surface area contributed by atoms with Gasteiger partial charge in [-0.05, 0) is 19.9 Å². The van der Waals surface area contributed by atoms with Crippen LogP contribution >= 0.6 is 37.2 Å². The molecule has 0 fully saturated rings. The molecule has 100 valence electrons. The zero-order chi connectivity index (χ0) is 8.57. The first-order valence-corrected chi connectivity index (χ1v) is 3.21. The van der Waals surface area contributed by atoms with E-state index in [1.165, 1.54) is 0 Å². The lowest BCUT2D eigenvalue weighted by atomic mass is 10.3. The van der Waals surface area contributed by atoms with Crippen molar-refractivity contribution in [3.8, 4) is 0 Å². The number of carbonyl (C=O) groups is 1. The Hall–Kier alpha value is -0.0400. The SMILES string of the molecule is C=C(C)C(N)=O.CCCN.Cl.Cl.Cl.N.N. The normalized spacial score (nSPS) is 5.00. The van der Waals surface area contributed by atoms with E-state index in [0.717, 1.165) is 13.0 Å². The van der Waals surface area contributed by atoms with Gasteiger partial charge in [-0.2, -0.15) is 0 Å². The average molecular weight is 288 g/mol. The zero-order valence-corrected chi connectivity index (χ0v) is 11.8. The highest BCUT2D eigenvalue weighted by Gasteiger charge is 1.86. The fourth-order valence-corrected chi connectivity index (χ4v) is 0. The lowest BCUT2D eigenvalue weighted by molar-refractivity contribution is -0.114. The molecule has 0 heterocycles. The number of rotatable bonds is 2. The third kappa shape index (κ3) is 81.2. The molecule has 0 rings (SSSR count). The van der Waals surface area contributed by atoms with E-state index in [2.05, 4.69) is 13.5 Å². The maximum absolute atomic E-state index is 9.82. The second-order valence-corrected chi connectivity index (χ2v) is 1.93. The molecule has 0 aliphatic carbocycles. The molecule has 0 saturated heterocycles. The third-order valence-corrected chi connectivity index (χ3v) is 0.709. The highest BCUT2D eigenvalue weighted by atomic mass is 35.5. The summed E-state index contributed by atoms with van der Waals surface area (Å²) < 4.78 is 0. The van der Waals surface area contributed by atoms with Gasteiger partial charge in [0.2, 0.25) is 5.91 Å². The zero-order valence-electron chi connectivity index (χ0n) is 9.32. The lowest BCUT2D eigenvalue weighted by Crippen LogP contribution is -2.10. The van der Waals surface area contributed by atoms with E-state index in [1.807, 2.05) is 0 Å². The van der Waals surface area contributed by atoms with Gasteiger partial charge in [-0.1, -0.05) is 13.5 Å². The van der Waals surface area contributed by atoms with E-state index in [9.17, 15) is 4.79 Å². The van der Waals surface area contributed by atoms with E-state index in [0.29, 0.717) is 5.57 Å². The average Bonchev–Trinajstić information content (AvgIpc) is 1.89. The molecule has 15 heavy (non-hydrogen) atoms. The Bertz CT molecular complexity index is 111. The van der Waals surface area contributed by atoms with E-state index >= 15 is 0 Å². The van der Waals surface area contributed by atoms with Gasteiger partial charge in [-0.15, -0.1) is 37.2 Å². The minimum atomic E-state index is -0.435. The van der Waals surface area contributed by atoms with Crippen LogP contribution in [0.1, 0.15) is 20.3 Å². The number of carbonyl (C=O) groups excluding carboxylic acids is 1. The van der Waals surface area contributed by atoms with Gasteiger partial charge in [0.1, 0.15) is 0 Å². The van der Waals surface area contributed by atoms with Crippen LogP contribution in [0.4, 0.5) is 0 Å². The lowest BCUT2D eigenvalue weighted by Gasteiger charge is -1.81. The van der Waals surface area contributed by atoms with Crippen molar-refractivity contribution in [2.75, 3.05) is 6.54 Å². The molecule has 0 spiro atoms. The summed E-state index contributed by atoms with van der Waals surface area (Å²) in [6.45, 7) is 7.73. The number of primary amides is 1. The number of hydrogen-bond donors (Lipinski definition) is 4. The van der Waals surface area contributed by atoms with Crippen molar-refractivity contribution >= 4 is 43.1 Å². The molecule has 0 aromatic carbocycles. The van der Waals surface area contributed by atoms with Gasteiger partial charge in [-0.25, -0.2) is 0 Å². The molecule has 8 heteroatoms.